The summed E-state index contributed by atoms with van der Waals surface area (Å²) in [5.41, 5.74) is 0. The molecular weight excluding hydrogens is 212 g/mol. The van der Waals surface area contributed by atoms with Crippen LogP contribution in [0.4, 0.5) is 0 Å². The van der Waals surface area contributed by atoms with Gasteiger partial charge in [-0.05, 0) is 23.7 Å². The summed E-state index contributed by atoms with van der Waals surface area (Å²) in [7, 11) is -3.38. The molecule has 2 saturated carbocycles. The maximum Gasteiger partial charge on any atom is 0.265 e. The van der Waals surface area contributed by atoms with Gasteiger partial charge in [0, 0.05) is 5.03 Å². The van der Waals surface area contributed by atoms with E-state index in [0.717, 1.165) is 6.26 Å². The summed E-state index contributed by atoms with van der Waals surface area (Å²) < 4.78 is 26.8. The average Bonchev–Trinajstić information content (AvgIpc) is 2.77. The highest BCUT2D eigenvalue weighted by molar-refractivity contribution is 7.86. The third kappa shape index (κ3) is 1.09. The molecule has 0 aromatic carbocycles. The number of hydrogen-bond donors (Lipinski definition) is 0. The van der Waals surface area contributed by atoms with Crippen LogP contribution >= 0.6 is 11.6 Å². The van der Waals surface area contributed by atoms with Crippen molar-refractivity contribution in [1.29, 1.82) is 0 Å². The van der Waals surface area contributed by atoms with Gasteiger partial charge >= 0.3 is 0 Å². The quantitative estimate of drug-likeness (QED) is 0.651. The summed E-state index contributed by atoms with van der Waals surface area (Å²) in [5, 5.41) is 0.574. The number of halogens is 1. The summed E-state index contributed by atoms with van der Waals surface area (Å²) in [6.45, 7) is 0. The van der Waals surface area contributed by atoms with Crippen LogP contribution in [0.1, 0.15) is 0 Å². The molecular formula is C8H9ClO3S. The lowest BCUT2D eigenvalue weighted by Crippen LogP contribution is -2.28. The second-order valence-electron chi connectivity index (χ2n) is 4.08. The molecule has 0 aromatic heterocycles. The first-order chi connectivity index (χ1) is 5.99. The van der Waals surface area contributed by atoms with Crippen molar-refractivity contribution in [3.8, 4) is 0 Å². The van der Waals surface area contributed by atoms with E-state index in [1.807, 2.05) is 6.08 Å². The van der Waals surface area contributed by atoms with Gasteiger partial charge in [-0.15, -0.1) is 0 Å². The van der Waals surface area contributed by atoms with Crippen LogP contribution in [0.3, 0.4) is 0 Å². The molecule has 3 unspecified atom stereocenters. The van der Waals surface area contributed by atoms with Gasteiger partial charge in [-0.1, -0.05) is 17.7 Å². The molecule has 0 spiro atoms. The predicted molar refractivity (Wildman–Crippen MR) is 47.6 cm³/mol. The minimum absolute atomic E-state index is 0.378. The Balaban J connectivity index is 1.84. The highest BCUT2D eigenvalue weighted by atomic mass is 35.5. The molecule has 0 N–H and O–H groups in total. The maximum atomic E-state index is 10.9. The van der Waals surface area contributed by atoms with Gasteiger partial charge in [0.05, 0.1) is 6.26 Å². The fourth-order valence-corrected chi connectivity index (χ4v) is 3.52. The summed E-state index contributed by atoms with van der Waals surface area (Å²) in [4.78, 5) is 0. The van der Waals surface area contributed by atoms with Crippen LogP contribution in [0.2, 0.25) is 0 Å². The third-order valence-corrected chi connectivity index (χ3v) is 4.09. The van der Waals surface area contributed by atoms with Crippen molar-refractivity contribution in [3.05, 3.63) is 11.1 Å². The zero-order valence-electron chi connectivity index (χ0n) is 6.98. The van der Waals surface area contributed by atoms with Crippen LogP contribution in [0.15, 0.2) is 11.1 Å². The summed E-state index contributed by atoms with van der Waals surface area (Å²) in [6, 6.07) is 0. The Kier molecular flexibility index (Phi) is 1.35. The minimum atomic E-state index is -3.38. The van der Waals surface area contributed by atoms with Gasteiger partial charge < -0.3 is 0 Å². The van der Waals surface area contributed by atoms with Crippen molar-refractivity contribution in [3.63, 3.8) is 0 Å². The first-order valence-corrected chi connectivity index (χ1v) is 6.44. The molecule has 5 heteroatoms. The van der Waals surface area contributed by atoms with E-state index in [2.05, 4.69) is 0 Å². The van der Waals surface area contributed by atoms with Crippen molar-refractivity contribution >= 4 is 21.7 Å². The number of rotatable bonds is 2. The average molecular weight is 221 g/mol. The topological polar surface area (TPSA) is 43.4 Å². The summed E-state index contributed by atoms with van der Waals surface area (Å²) in [6.07, 6.45) is 2.64. The lowest BCUT2D eigenvalue weighted by molar-refractivity contribution is 0.185. The second-order valence-corrected chi connectivity index (χ2v) is 6.12. The zero-order valence-corrected chi connectivity index (χ0v) is 8.55. The van der Waals surface area contributed by atoms with Gasteiger partial charge in [-0.25, -0.2) is 0 Å². The first kappa shape index (κ1) is 8.26. The van der Waals surface area contributed by atoms with E-state index in [4.69, 9.17) is 15.8 Å². The van der Waals surface area contributed by atoms with E-state index in [0.29, 0.717) is 28.7 Å². The van der Waals surface area contributed by atoms with Gasteiger partial charge in [0.2, 0.25) is 0 Å². The SMILES string of the molecule is CS(=O)(=O)O[C@H]1C(Cl)=CC2C3C1[C@H]23. The van der Waals surface area contributed by atoms with Crippen molar-refractivity contribution in [2.75, 3.05) is 6.26 Å². The van der Waals surface area contributed by atoms with Gasteiger partial charge in [0.1, 0.15) is 6.10 Å². The lowest BCUT2D eigenvalue weighted by atomic mass is 9.93. The van der Waals surface area contributed by atoms with Crippen LogP contribution in [0.5, 0.6) is 0 Å². The van der Waals surface area contributed by atoms with Crippen LogP contribution < -0.4 is 0 Å². The molecule has 0 saturated heterocycles. The lowest BCUT2D eigenvalue weighted by Gasteiger charge is -2.25. The van der Waals surface area contributed by atoms with Gasteiger partial charge in [0.15, 0.2) is 0 Å². The Bertz CT molecular complexity index is 390. The molecule has 0 aromatic rings. The van der Waals surface area contributed by atoms with Crippen molar-refractivity contribution in [2.45, 2.75) is 6.10 Å². The van der Waals surface area contributed by atoms with E-state index in [9.17, 15) is 8.42 Å². The molecule has 72 valence electrons. The van der Waals surface area contributed by atoms with Gasteiger partial charge in [0.25, 0.3) is 10.1 Å². The van der Waals surface area contributed by atoms with Crippen molar-refractivity contribution < 1.29 is 12.6 Å². The molecule has 4 aliphatic rings. The monoisotopic (exact) mass is 220 g/mol. The largest absolute Gasteiger partial charge is 0.265 e. The van der Waals surface area contributed by atoms with E-state index in [-0.39, 0.29) is 6.10 Å². The highest BCUT2D eigenvalue weighted by Crippen LogP contribution is 2.78. The number of allylic oxidation sites excluding steroid dienone is 1. The molecule has 0 heterocycles. The van der Waals surface area contributed by atoms with Crippen LogP contribution in [-0.4, -0.2) is 20.8 Å². The molecule has 2 bridgehead atoms. The molecule has 3 nitrogen and oxygen atoms in total. The molecule has 4 rings (SSSR count). The number of fused-ring (bicyclic) bond motifs is 1. The Morgan fingerprint density at radius 3 is 2.54 bits per heavy atom. The van der Waals surface area contributed by atoms with E-state index in [1.165, 1.54) is 0 Å². The fraction of sp³-hybridized carbons (Fsp3) is 0.750. The Morgan fingerprint density at radius 2 is 2.00 bits per heavy atom. The fourth-order valence-electron chi connectivity index (χ4n) is 2.52. The first-order valence-electron chi connectivity index (χ1n) is 4.24. The normalized spacial score (nSPS) is 50.9. The van der Waals surface area contributed by atoms with Crippen LogP contribution in [0, 0.1) is 23.7 Å². The molecule has 13 heavy (non-hydrogen) atoms. The highest BCUT2D eigenvalue weighted by Gasteiger charge is 2.77. The van der Waals surface area contributed by atoms with E-state index < -0.39 is 10.1 Å². The molecule has 0 aliphatic heterocycles. The van der Waals surface area contributed by atoms with Crippen molar-refractivity contribution in [1.82, 2.24) is 0 Å². The molecule has 2 fully saturated rings. The Labute approximate surface area is 81.8 Å². The standard InChI is InChI=1S/C8H9ClO3S/c1-13(10,11)12-8-4(9)2-3-5-6(3)7(5)8/h2-3,5-8H,1H3/t3?,5-,6?,7?,8+/m1/s1. The molecule has 4 aliphatic carbocycles. The Hall–Kier alpha value is -0.0600. The summed E-state index contributed by atoms with van der Waals surface area (Å²) >= 11 is 5.90. The smallest absolute Gasteiger partial charge is 0.261 e. The molecule has 0 amide bonds. The molecule has 0 radical (unpaired) electrons. The van der Waals surface area contributed by atoms with Gasteiger partial charge in [-0.2, -0.15) is 8.42 Å². The minimum Gasteiger partial charge on any atom is -0.261 e. The van der Waals surface area contributed by atoms with Crippen molar-refractivity contribution in [2.24, 2.45) is 23.7 Å². The number of hydrogen-bond acceptors (Lipinski definition) is 3. The third-order valence-electron chi connectivity index (χ3n) is 3.19. The summed E-state index contributed by atoms with van der Waals surface area (Å²) in [5.74, 6) is 2.37. The van der Waals surface area contributed by atoms with Crippen LogP contribution in [0.25, 0.3) is 0 Å². The van der Waals surface area contributed by atoms with Crippen LogP contribution in [-0.2, 0) is 14.3 Å². The molecule has 5 atom stereocenters. The Morgan fingerprint density at radius 1 is 1.38 bits per heavy atom. The van der Waals surface area contributed by atoms with E-state index >= 15 is 0 Å². The predicted octanol–water partition coefficient (Wildman–Crippen LogP) is 0.960. The second kappa shape index (κ2) is 2.12. The maximum absolute atomic E-state index is 10.9. The zero-order chi connectivity index (χ0) is 9.38. The van der Waals surface area contributed by atoms with Gasteiger partial charge in [-0.3, -0.25) is 4.18 Å². The van der Waals surface area contributed by atoms with E-state index in [1.54, 1.807) is 0 Å².